The maximum Gasteiger partial charge on any atom is 0.264 e. The Morgan fingerprint density at radius 2 is 1.39 bits per heavy atom. The fourth-order valence-electron chi connectivity index (χ4n) is 2.56. The maximum atomic E-state index is 13.9. The summed E-state index contributed by atoms with van der Waals surface area (Å²) in [6, 6.07) is 9.56. The summed E-state index contributed by atoms with van der Waals surface area (Å²) in [6.07, 6.45) is 0. The number of hydrogen-bond acceptors (Lipinski definition) is 5. The van der Waals surface area contributed by atoms with Crippen molar-refractivity contribution in [2.45, 2.75) is 9.79 Å². The predicted octanol–water partition coefficient (Wildman–Crippen LogP) is 3.71. The minimum absolute atomic E-state index is 0.0468. The van der Waals surface area contributed by atoms with Gasteiger partial charge < -0.3 is 4.74 Å². The summed E-state index contributed by atoms with van der Waals surface area (Å²) in [5.41, 5.74) is -0.298. The van der Waals surface area contributed by atoms with Crippen molar-refractivity contribution in [3.63, 3.8) is 0 Å². The molecule has 3 aromatic carbocycles. The molecule has 2 N–H and O–H groups in total. The monoisotopic (exact) mass is 472 g/mol. The van der Waals surface area contributed by atoms with Gasteiger partial charge in [-0.3, -0.25) is 9.44 Å². The zero-order chi connectivity index (χ0) is 22.8. The van der Waals surface area contributed by atoms with Gasteiger partial charge in [0.25, 0.3) is 20.0 Å². The predicted molar refractivity (Wildman–Crippen MR) is 107 cm³/mol. The van der Waals surface area contributed by atoms with E-state index in [4.69, 9.17) is 4.74 Å². The lowest BCUT2D eigenvalue weighted by Gasteiger charge is -2.15. The standard InChI is InChI=1S/C19H15F3N2O5S2/c1-29-18-9-5-14(23-31(27,28)19-10-13(21)4-8-16(19)22)11-17(18)24-30(25,26)15-6-2-12(20)3-7-15/h2-11,23-24H,1H3. The van der Waals surface area contributed by atoms with E-state index >= 15 is 0 Å². The van der Waals surface area contributed by atoms with Crippen LogP contribution >= 0.6 is 0 Å². The number of rotatable bonds is 7. The molecule has 0 aliphatic heterocycles. The Morgan fingerprint density at radius 3 is 2.03 bits per heavy atom. The second-order valence-electron chi connectivity index (χ2n) is 6.15. The van der Waals surface area contributed by atoms with E-state index in [1.54, 1.807) is 0 Å². The number of methoxy groups -OCH3 is 1. The quantitative estimate of drug-likeness (QED) is 0.546. The van der Waals surface area contributed by atoms with Crippen LogP contribution in [0.1, 0.15) is 0 Å². The zero-order valence-electron chi connectivity index (χ0n) is 15.8. The van der Waals surface area contributed by atoms with Crippen LogP contribution in [-0.4, -0.2) is 23.9 Å². The molecule has 0 saturated carbocycles. The lowest BCUT2D eigenvalue weighted by atomic mass is 10.2. The molecule has 0 radical (unpaired) electrons. The van der Waals surface area contributed by atoms with Gasteiger partial charge in [0.05, 0.1) is 23.4 Å². The Labute approximate surface area is 176 Å². The molecule has 3 aromatic rings. The van der Waals surface area contributed by atoms with Gasteiger partial charge in [-0.1, -0.05) is 0 Å². The first-order valence-corrected chi connectivity index (χ1v) is 11.4. The molecule has 0 aromatic heterocycles. The molecule has 0 atom stereocenters. The van der Waals surface area contributed by atoms with Crippen LogP contribution in [0.2, 0.25) is 0 Å². The molecule has 0 spiro atoms. The normalized spacial score (nSPS) is 11.7. The molecule has 0 fully saturated rings. The third kappa shape index (κ3) is 5.09. The highest BCUT2D eigenvalue weighted by Crippen LogP contribution is 2.31. The molecule has 0 saturated heterocycles. The summed E-state index contributed by atoms with van der Waals surface area (Å²) in [4.78, 5) is -1.17. The van der Waals surface area contributed by atoms with Gasteiger partial charge >= 0.3 is 0 Å². The van der Waals surface area contributed by atoms with Crippen LogP contribution in [0.25, 0.3) is 0 Å². The van der Waals surface area contributed by atoms with Crippen LogP contribution in [0.4, 0.5) is 24.5 Å². The number of anilines is 2. The highest BCUT2D eigenvalue weighted by atomic mass is 32.2. The molecular weight excluding hydrogens is 457 g/mol. The number of benzene rings is 3. The Hall–Kier alpha value is -3.25. The summed E-state index contributed by atoms with van der Waals surface area (Å²) in [5.74, 6) is -2.70. The molecule has 12 heteroatoms. The van der Waals surface area contributed by atoms with Crippen LogP contribution in [-0.2, 0) is 20.0 Å². The van der Waals surface area contributed by atoms with Crippen LogP contribution in [0.3, 0.4) is 0 Å². The van der Waals surface area contributed by atoms with Gasteiger partial charge in [-0.2, -0.15) is 0 Å². The van der Waals surface area contributed by atoms with E-state index < -0.39 is 42.4 Å². The first kappa shape index (κ1) is 22.4. The average molecular weight is 472 g/mol. The van der Waals surface area contributed by atoms with Gasteiger partial charge in [0, 0.05) is 0 Å². The summed E-state index contributed by atoms with van der Waals surface area (Å²) >= 11 is 0. The highest BCUT2D eigenvalue weighted by Gasteiger charge is 2.22. The van der Waals surface area contributed by atoms with Gasteiger partial charge in [-0.25, -0.2) is 30.0 Å². The number of hydrogen-bond donors (Lipinski definition) is 2. The van der Waals surface area contributed by atoms with Gasteiger partial charge in [0.2, 0.25) is 0 Å². The van der Waals surface area contributed by atoms with E-state index in [9.17, 15) is 30.0 Å². The highest BCUT2D eigenvalue weighted by molar-refractivity contribution is 7.93. The first-order chi connectivity index (χ1) is 14.5. The van der Waals surface area contributed by atoms with E-state index in [0.29, 0.717) is 12.1 Å². The van der Waals surface area contributed by atoms with Crippen LogP contribution in [0, 0.1) is 17.5 Å². The number of nitrogens with one attached hydrogen (secondary N) is 2. The minimum atomic E-state index is -4.53. The maximum absolute atomic E-state index is 13.9. The average Bonchev–Trinajstić information content (AvgIpc) is 2.69. The molecule has 164 valence electrons. The third-order valence-corrected chi connectivity index (χ3v) is 6.78. The summed E-state index contributed by atoms with van der Waals surface area (Å²) in [7, 11) is -7.44. The Bertz CT molecular complexity index is 1330. The third-order valence-electron chi connectivity index (χ3n) is 4.00. The van der Waals surface area contributed by atoms with Crippen molar-refractivity contribution in [2.24, 2.45) is 0 Å². The van der Waals surface area contributed by atoms with Crippen molar-refractivity contribution >= 4 is 31.4 Å². The van der Waals surface area contributed by atoms with Crippen LogP contribution in [0.15, 0.2) is 70.5 Å². The van der Waals surface area contributed by atoms with Gasteiger partial charge in [-0.15, -0.1) is 0 Å². The Kier molecular flexibility index (Phi) is 6.13. The van der Waals surface area contributed by atoms with E-state index in [1.807, 2.05) is 0 Å². The summed E-state index contributed by atoms with van der Waals surface area (Å²) in [5, 5.41) is 0. The Balaban J connectivity index is 1.95. The lowest BCUT2D eigenvalue weighted by molar-refractivity contribution is 0.417. The Morgan fingerprint density at radius 1 is 0.742 bits per heavy atom. The van der Waals surface area contributed by atoms with E-state index in [-0.39, 0.29) is 22.0 Å². The minimum Gasteiger partial charge on any atom is -0.495 e. The fraction of sp³-hybridized carbons (Fsp3) is 0.0526. The molecule has 3 rings (SSSR count). The summed E-state index contributed by atoms with van der Waals surface area (Å²) < 4.78 is 99.7. The fourth-order valence-corrected chi connectivity index (χ4v) is 4.76. The van der Waals surface area contributed by atoms with Crippen molar-refractivity contribution < 1.29 is 34.7 Å². The molecule has 0 unspecified atom stereocenters. The zero-order valence-corrected chi connectivity index (χ0v) is 17.4. The van der Waals surface area contributed by atoms with Crippen LogP contribution in [0.5, 0.6) is 5.75 Å². The van der Waals surface area contributed by atoms with Crippen molar-refractivity contribution in [2.75, 3.05) is 16.6 Å². The lowest BCUT2D eigenvalue weighted by Crippen LogP contribution is -2.16. The largest absolute Gasteiger partial charge is 0.495 e. The van der Waals surface area contributed by atoms with Gasteiger partial charge in [0.1, 0.15) is 28.1 Å². The van der Waals surface area contributed by atoms with Crippen molar-refractivity contribution in [1.29, 1.82) is 0 Å². The number of halogens is 3. The SMILES string of the molecule is COc1ccc(NS(=O)(=O)c2cc(F)ccc2F)cc1NS(=O)(=O)c1ccc(F)cc1. The van der Waals surface area contributed by atoms with Crippen molar-refractivity contribution in [3.8, 4) is 5.75 Å². The molecule has 0 aliphatic carbocycles. The molecule has 0 aliphatic rings. The molecular formula is C19H15F3N2O5S2. The molecule has 7 nitrogen and oxygen atoms in total. The summed E-state index contributed by atoms with van der Waals surface area (Å²) in [6.45, 7) is 0. The number of sulfonamides is 2. The number of ether oxygens (including phenoxy) is 1. The first-order valence-electron chi connectivity index (χ1n) is 8.46. The molecule has 31 heavy (non-hydrogen) atoms. The molecule has 0 amide bonds. The molecule has 0 heterocycles. The van der Waals surface area contributed by atoms with E-state index in [2.05, 4.69) is 9.44 Å². The smallest absolute Gasteiger partial charge is 0.264 e. The molecule has 0 bridgehead atoms. The van der Waals surface area contributed by atoms with E-state index in [1.165, 1.54) is 19.2 Å². The van der Waals surface area contributed by atoms with E-state index in [0.717, 1.165) is 36.4 Å². The second-order valence-corrected chi connectivity index (χ2v) is 9.49. The topological polar surface area (TPSA) is 102 Å². The van der Waals surface area contributed by atoms with Crippen molar-refractivity contribution in [1.82, 2.24) is 0 Å². The van der Waals surface area contributed by atoms with Gasteiger partial charge in [0.15, 0.2) is 0 Å². The van der Waals surface area contributed by atoms with Crippen molar-refractivity contribution in [3.05, 3.63) is 78.1 Å². The van der Waals surface area contributed by atoms with Crippen LogP contribution < -0.4 is 14.2 Å². The second kappa shape index (κ2) is 8.47. The van der Waals surface area contributed by atoms with Gasteiger partial charge in [-0.05, 0) is 60.7 Å².